The van der Waals surface area contributed by atoms with E-state index in [2.05, 4.69) is 92.4 Å². The summed E-state index contributed by atoms with van der Waals surface area (Å²) >= 11 is 0. The Morgan fingerprint density at radius 1 is 1.05 bits per heavy atom. The highest BCUT2D eigenvalue weighted by atomic mass is 16.5. The molecule has 0 aromatic heterocycles. The molecule has 2 aromatic rings. The second-order valence-electron chi connectivity index (χ2n) is 8.17. The number of hydrogen-bond donors (Lipinski definition) is 4. The van der Waals surface area contributed by atoms with Gasteiger partial charge in [0.1, 0.15) is 23.8 Å². The highest BCUT2D eigenvalue weighted by molar-refractivity contribution is 6.04. The SMILES string of the molecule is C=C(C)c1ccc(C)cc1-c1c(O)cc(C#CC#C/C=N/N=N/N=N/N=N/N=N/N=N)c(C(=O)N[C@@H](C)C(=O)OC)c1O. The largest absolute Gasteiger partial charge is 0.507 e. The first kappa shape index (κ1) is 32.7. The van der Waals surface area contributed by atoms with E-state index >= 15 is 0 Å². The van der Waals surface area contributed by atoms with Crippen LogP contribution in [-0.4, -0.2) is 41.5 Å². The minimum absolute atomic E-state index is 0.0157. The first-order valence-electron chi connectivity index (χ1n) is 11.9. The molecule has 0 radical (unpaired) electrons. The molecule has 2 rings (SSSR count). The van der Waals surface area contributed by atoms with E-state index in [1.807, 2.05) is 13.0 Å². The summed E-state index contributed by atoms with van der Waals surface area (Å²) in [7, 11) is 1.17. The zero-order valence-electron chi connectivity index (χ0n) is 23.3. The summed E-state index contributed by atoms with van der Waals surface area (Å²) in [4.78, 5) is 25.2. The molecule has 0 bridgehead atoms. The number of nitrogens with one attached hydrogen (secondary N) is 2. The van der Waals surface area contributed by atoms with Crippen molar-refractivity contribution < 1.29 is 24.5 Å². The Balaban J connectivity index is 2.47. The van der Waals surface area contributed by atoms with E-state index in [0.717, 1.165) is 11.8 Å². The summed E-state index contributed by atoms with van der Waals surface area (Å²) < 4.78 is 4.66. The minimum Gasteiger partial charge on any atom is -0.507 e. The fraction of sp³-hybridized carbons (Fsp3) is 0.192. The number of phenolic OH excluding ortho intramolecular Hbond substituents is 2. The first-order valence-corrected chi connectivity index (χ1v) is 11.9. The number of rotatable bonds is 10. The fourth-order valence-electron chi connectivity index (χ4n) is 3.36. The highest BCUT2D eigenvalue weighted by Gasteiger charge is 2.27. The van der Waals surface area contributed by atoms with Gasteiger partial charge in [0, 0.05) is 5.56 Å². The van der Waals surface area contributed by atoms with Crippen molar-refractivity contribution >= 4 is 23.7 Å². The zero-order chi connectivity index (χ0) is 31.8. The Morgan fingerprint density at radius 2 is 1.70 bits per heavy atom. The molecular formula is C26H24N12O5. The van der Waals surface area contributed by atoms with Gasteiger partial charge in [-0.15, -0.1) is 5.10 Å². The van der Waals surface area contributed by atoms with E-state index in [1.165, 1.54) is 20.1 Å². The number of ether oxygens (including phenoxy) is 1. The standard InChI is InChI=1S/C26H24N12O5/c1-15(2)19-11-10-16(3)13-20(19)23-21(39)14-18(22(24(23)40)25(41)29-17(4)26(42)43-5)9-7-6-8-12-28-31-33-35-37-38-36-34-32-30-27/h10-14,17,27,39-40H,1H2,2-5H3,(H,29,41)/b28-12+,30-27?,33-31+,34-32+,37-35+,38-36+/t17-/m0/s1. The van der Waals surface area contributed by atoms with Crippen molar-refractivity contribution in [3.8, 4) is 46.3 Å². The third-order valence-electron chi connectivity index (χ3n) is 5.14. The molecule has 0 saturated carbocycles. The lowest BCUT2D eigenvalue weighted by Gasteiger charge is -2.18. The van der Waals surface area contributed by atoms with Gasteiger partial charge in [0.25, 0.3) is 5.91 Å². The number of esters is 1. The topological polar surface area (TPSA) is 243 Å². The van der Waals surface area contributed by atoms with Crippen LogP contribution in [0.5, 0.6) is 11.5 Å². The van der Waals surface area contributed by atoms with Crippen LogP contribution < -0.4 is 5.32 Å². The van der Waals surface area contributed by atoms with Gasteiger partial charge in [0.2, 0.25) is 0 Å². The molecule has 17 nitrogen and oxygen atoms in total. The summed E-state index contributed by atoms with van der Waals surface area (Å²) in [6, 6.07) is 5.53. The maximum Gasteiger partial charge on any atom is 0.328 e. The van der Waals surface area contributed by atoms with Crippen molar-refractivity contribution in [3.63, 3.8) is 0 Å². The molecule has 1 amide bonds. The van der Waals surface area contributed by atoms with Crippen molar-refractivity contribution in [2.45, 2.75) is 26.8 Å². The van der Waals surface area contributed by atoms with Crippen molar-refractivity contribution in [2.75, 3.05) is 7.11 Å². The lowest BCUT2D eigenvalue weighted by Crippen LogP contribution is -2.39. The van der Waals surface area contributed by atoms with Crippen molar-refractivity contribution in [3.05, 3.63) is 53.1 Å². The molecule has 1 atom stereocenters. The molecule has 0 unspecified atom stereocenters. The molecule has 0 heterocycles. The zero-order valence-corrected chi connectivity index (χ0v) is 23.3. The number of carbonyl (C=O) groups is 2. The Bertz CT molecular complexity index is 1690. The summed E-state index contributed by atoms with van der Waals surface area (Å²) in [5.41, 5.74) is 8.52. The first-order chi connectivity index (χ1) is 20.6. The number of aryl methyl sites for hydroxylation is 1. The van der Waals surface area contributed by atoms with Crippen LogP contribution in [0, 0.1) is 36.1 Å². The van der Waals surface area contributed by atoms with Crippen LogP contribution in [0.25, 0.3) is 16.7 Å². The number of carbonyl (C=O) groups excluding carboxylic acids is 2. The number of aromatic hydroxyl groups is 2. The second kappa shape index (κ2) is 16.6. The number of hydrogen-bond acceptors (Lipinski definition) is 7. The Hall–Kier alpha value is -6.49. The number of amides is 1. The summed E-state index contributed by atoms with van der Waals surface area (Å²) in [6.07, 6.45) is 1.03. The van der Waals surface area contributed by atoms with Crippen LogP contribution in [0.15, 0.2) is 83.0 Å². The summed E-state index contributed by atoms with van der Waals surface area (Å²) in [5.74, 6) is 7.50. The normalized spacial score (nSPS) is 11.8. The van der Waals surface area contributed by atoms with Gasteiger partial charge in [-0.1, -0.05) is 41.8 Å². The molecule has 0 aliphatic carbocycles. The molecule has 0 saturated heterocycles. The van der Waals surface area contributed by atoms with E-state index in [0.29, 0.717) is 16.7 Å². The molecule has 0 spiro atoms. The molecule has 17 heteroatoms. The molecular weight excluding hydrogens is 560 g/mol. The number of nitrogens with zero attached hydrogens (tertiary/aromatic N) is 10. The maximum atomic E-state index is 13.3. The highest BCUT2D eigenvalue weighted by Crippen LogP contribution is 2.44. The third kappa shape index (κ3) is 9.58. The monoisotopic (exact) mass is 584 g/mol. The van der Waals surface area contributed by atoms with Crippen LogP contribution in [0.4, 0.5) is 0 Å². The van der Waals surface area contributed by atoms with Gasteiger partial charge in [-0.3, -0.25) is 4.79 Å². The van der Waals surface area contributed by atoms with E-state index in [4.69, 9.17) is 5.53 Å². The molecule has 218 valence electrons. The van der Waals surface area contributed by atoms with Crippen molar-refractivity contribution in [1.29, 1.82) is 5.53 Å². The Morgan fingerprint density at radius 3 is 2.33 bits per heavy atom. The van der Waals surface area contributed by atoms with Gasteiger partial charge in [0.15, 0.2) is 0 Å². The summed E-state index contributed by atoms with van der Waals surface area (Å²) in [5, 5.41) is 55.1. The number of allylic oxidation sites excluding steroid dienone is 1. The lowest BCUT2D eigenvalue weighted by molar-refractivity contribution is -0.142. The third-order valence-corrected chi connectivity index (χ3v) is 5.14. The smallest absolute Gasteiger partial charge is 0.328 e. The quantitative estimate of drug-likeness (QED) is 0.0959. The van der Waals surface area contributed by atoms with Gasteiger partial charge in [-0.2, -0.15) is 5.53 Å². The van der Waals surface area contributed by atoms with Crippen molar-refractivity contribution in [1.82, 2.24) is 5.32 Å². The average molecular weight is 585 g/mol. The number of benzene rings is 2. The number of methoxy groups -OCH3 is 1. The van der Waals surface area contributed by atoms with E-state index in [-0.39, 0.29) is 22.4 Å². The minimum atomic E-state index is -1.05. The van der Waals surface area contributed by atoms with E-state index in [1.54, 1.807) is 19.1 Å². The van der Waals surface area contributed by atoms with Crippen LogP contribution >= 0.6 is 0 Å². The fourth-order valence-corrected chi connectivity index (χ4v) is 3.36. The molecule has 0 aliphatic rings. The Labute approximate surface area is 244 Å². The molecule has 0 fully saturated rings. The molecule has 2 aromatic carbocycles. The molecule has 0 aliphatic heterocycles. The maximum absolute atomic E-state index is 13.3. The predicted molar refractivity (Wildman–Crippen MR) is 151 cm³/mol. The predicted octanol–water partition coefficient (Wildman–Crippen LogP) is 5.24. The van der Waals surface area contributed by atoms with Crippen molar-refractivity contribution in [2.24, 2.45) is 52.1 Å². The number of phenols is 2. The molecule has 43 heavy (non-hydrogen) atoms. The van der Waals surface area contributed by atoms with Crippen LogP contribution in [-0.2, 0) is 9.53 Å². The van der Waals surface area contributed by atoms with Gasteiger partial charge < -0.3 is 20.3 Å². The van der Waals surface area contributed by atoms with Gasteiger partial charge in [-0.25, -0.2) is 4.79 Å². The molecule has 4 N–H and O–H groups in total. The second-order valence-corrected chi connectivity index (χ2v) is 8.17. The van der Waals surface area contributed by atoms with E-state index in [9.17, 15) is 19.8 Å². The van der Waals surface area contributed by atoms with Gasteiger partial charge in [-0.05, 0) is 103 Å². The Kier molecular flexibility index (Phi) is 12.6. The van der Waals surface area contributed by atoms with Gasteiger partial charge >= 0.3 is 5.97 Å². The summed E-state index contributed by atoms with van der Waals surface area (Å²) in [6.45, 7) is 8.97. The average Bonchev–Trinajstić information content (AvgIpc) is 2.96. The van der Waals surface area contributed by atoms with Gasteiger partial charge in [0.05, 0.1) is 18.2 Å². The van der Waals surface area contributed by atoms with Crippen LogP contribution in [0.2, 0.25) is 0 Å². The lowest BCUT2D eigenvalue weighted by atomic mass is 9.90. The van der Waals surface area contributed by atoms with Crippen LogP contribution in [0.3, 0.4) is 0 Å². The van der Waals surface area contributed by atoms with E-state index < -0.39 is 23.7 Å². The van der Waals surface area contributed by atoms with Crippen LogP contribution in [0.1, 0.15) is 40.9 Å².